The lowest BCUT2D eigenvalue weighted by Crippen LogP contribution is -2.65. The molecule has 0 fully saturated rings. The van der Waals surface area contributed by atoms with Gasteiger partial charge in [-0.2, -0.15) is 0 Å². The smallest absolute Gasteiger partial charge is 0.247 e. The highest BCUT2D eigenvalue weighted by Crippen LogP contribution is 2.59. The minimum atomic E-state index is -1.11. The van der Waals surface area contributed by atoms with Crippen LogP contribution in [0.15, 0.2) is 276 Å². The third-order valence-electron chi connectivity index (χ3n) is 18.7. The molecule has 0 N–H and O–H groups in total. The molecule has 0 unspecified atom stereocenters. The summed E-state index contributed by atoms with van der Waals surface area (Å²) in [6.45, 7) is 19.4. The van der Waals surface area contributed by atoms with Crippen LogP contribution in [0.25, 0.3) is 72.0 Å². The summed E-state index contributed by atoms with van der Waals surface area (Å²) in [6, 6.07) is 60.5. The van der Waals surface area contributed by atoms with Gasteiger partial charge in [0.2, 0.25) is 6.71 Å². The standard InChI is InChI=1S/C85H71BN2S/c1-82(2,3)60-45-58(46-61(50-60)83(4,5)6)59-47-71-80-77(49-59)88(81-66(55-29-15-11-16-30-55)51-62(84(7,8)9)52-67(81)56-31-17-12-18-32-56)76-53-63(87-74-37-23-19-33-64(74)65-34-20-24-38-75(65)87)42-44-72(76)86(80)73-48-57(54-27-13-10-14-28-54)41-43-68(73)85(71)69-35-21-25-39-78(69)89-79-40-26-22-36-70(79)85/h10-53H,1-9H3/i10D,13D,14D,19D,20D,23D,24D,27D,28D,33D,34D,37D,38D. The number of aromatic nitrogens is 1. The van der Waals surface area contributed by atoms with Gasteiger partial charge >= 0.3 is 0 Å². The molecule has 0 atom stereocenters. The summed E-state index contributed by atoms with van der Waals surface area (Å²) in [5.74, 6) is 0. The first-order valence-electron chi connectivity index (χ1n) is 37.1. The molecular weight excluding hydrogens is 1090 g/mol. The number of benzene rings is 12. The van der Waals surface area contributed by atoms with Gasteiger partial charge in [0.25, 0.3) is 0 Å². The number of rotatable bonds is 6. The second-order valence-electron chi connectivity index (χ2n) is 27.1. The van der Waals surface area contributed by atoms with Crippen molar-refractivity contribution in [3.8, 4) is 50.2 Å². The Morgan fingerprint density at radius 3 is 1.47 bits per heavy atom. The van der Waals surface area contributed by atoms with Crippen LogP contribution in [-0.2, 0) is 21.7 Å². The molecule has 4 heterocycles. The van der Waals surface area contributed by atoms with E-state index in [1.54, 1.807) is 16.3 Å². The van der Waals surface area contributed by atoms with Gasteiger partial charge < -0.3 is 9.47 Å². The van der Waals surface area contributed by atoms with Crippen LogP contribution < -0.4 is 21.3 Å². The average Bonchev–Trinajstić information content (AvgIpc) is 0.780. The Hall–Kier alpha value is -9.35. The van der Waals surface area contributed by atoms with Crippen molar-refractivity contribution in [1.29, 1.82) is 0 Å². The van der Waals surface area contributed by atoms with E-state index in [9.17, 15) is 11.0 Å². The van der Waals surface area contributed by atoms with Crippen LogP contribution in [0.4, 0.5) is 17.1 Å². The zero-order chi connectivity index (χ0) is 72.0. The fraction of sp³-hybridized carbons (Fsp3) is 0.153. The predicted molar refractivity (Wildman–Crippen MR) is 380 cm³/mol. The number of hydrogen-bond acceptors (Lipinski definition) is 2. The molecule has 1 spiro atoms. The zero-order valence-corrected chi connectivity index (χ0v) is 52.1. The molecule has 0 radical (unpaired) electrons. The summed E-state index contributed by atoms with van der Waals surface area (Å²) in [5, 5.41) is -0.0876. The summed E-state index contributed by atoms with van der Waals surface area (Å²) in [6.07, 6.45) is 0. The Morgan fingerprint density at radius 2 is 0.899 bits per heavy atom. The van der Waals surface area contributed by atoms with Crippen molar-refractivity contribution in [2.45, 2.75) is 93.8 Å². The molecule has 0 bridgehead atoms. The zero-order valence-electron chi connectivity index (χ0n) is 64.3. The topological polar surface area (TPSA) is 8.17 Å². The molecular formula is C85H71BN2S. The van der Waals surface area contributed by atoms with E-state index in [4.69, 9.17) is 6.85 Å². The maximum absolute atomic E-state index is 9.82. The molecule has 4 heteroatoms. The van der Waals surface area contributed by atoms with Crippen molar-refractivity contribution >= 4 is 73.7 Å². The van der Waals surface area contributed by atoms with Crippen molar-refractivity contribution in [1.82, 2.24) is 4.57 Å². The largest absolute Gasteiger partial charge is 0.310 e. The van der Waals surface area contributed by atoms with E-state index in [0.717, 1.165) is 110 Å². The van der Waals surface area contributed by atoms with E-state index in [2.05, 4.69) is 213 Å². The monoisotopic (exact) mass is 1180 g/mol. The summed E-state index contributed by atoms with van der Waals surface area (Å²) >= 11 is 1.72. The summed E-state index contributed by atoms with van der Waals surface area (Å²) in [7, 11) is 0. The SMILES string of the molecule is [2H]c1c([2H])c([2H])c(-c2ccc3c(c2)B2c4ccc(-n5c6c([2H])c([2H])c([2H])c([2H])c6c6c([2H])c([2H])c([2H])c([2H])c65)cc4N(c4c(-c5ccccc5)cc(C(C)(C)C)cc4-c4ccccc4)c4cc(-c5cc(C(C)(C)C)cc(C(C)(C)C)c5)cc(c42)C32c3ccccc3Sc3ccccc32)c([2H])c1[2H]. The maximum Gasteiger partial charge on any atom is 0.247 e. The fourth-order valence-corrected chi connectivity index (χ4v) is 15.5. The van der Waals surface area contributed by atoms with Crippen LogP contribution in [0.5, 0.6) is 0 Å². The Labute approximate surface area is 547 Å². The molecule has 0 amide bonds. The Morgan fingerprint density at radius 1 is 0.382 bits per heavy atom. The lowest BCUT2D eigenvalue weighted by atomic mass is 9.29. The first-order chi connectivity index (χ1) is 48.4. The first-order valence-corrected chi connectivity index (χ1v) is 31.4. The normalized spacial score (nSPS) is 15.9. The van der Waals surface area contributed by atoms with Gasteiger partial charge in [-0.3, -0.25) is 0 Å². The van der Waals surface area contributed by atoms with E-state index in [0.29, 0.717) is 16.9 Å². The third-order valence-corrected chi connectivity index (χ3v) is 19.8. The van der Waals surface area contributed by atoms with Gasteiger partial charge in [0.15, 0.2) is 0 Å². The summed E-state index contributed by atoms with van der Waals surface area (Å²) in [5.41, 5.74) is 16.5. The highest BCUT2D eigenvalue weighted by Gasteiger charge is 2.55. The number of hydrogen-bond donors (Lipinski definition) is 0. The van der Waals surface area contributed by atoms with Gasteiger partial charge in [-0.1, -0.05) is 286 Å². The summed E-state index contributed by atoms with van der Waals surface area (Å²) in [4.78, 5) is 4.49. The lowest BCUT2D eigenvalue weighted by Gasteiger charge is -2.51. The van der Waals surface area contributed by atoms with Crippen LogP contribution in [0.1, 0.15) is 119 Å². The van der Waals surface area contributed by atoms with Crippen molar-refractivity contribution in [3.63, 3.8) is 0 Å². The molecule has 1 aromatic heterocycles. The van der Waals surface area contributed by atoms with Crippen molar-refractivity contribution < 1.29 is 17.8 Å². The summed E-state index contributed by atoms with van der Waals surface area (Å²) < 4.78 is 123. The third kappa shape index (κ3) is 8.69. The van der Waals surface area contributed by atoms with Gasteiger partial charge in [-0.25, -0.2) is 0 Å². The van der Waals surface area contributed by atoms with Gasteiger partial charge in [0, 0.05) is 48.8 Å². The van der Waals surface area contributed by atoms with Gasteiger partial charge in [-0.15, -0.1) is 0 Å². The van der Waals surface area contributed by atoms with Crippen molar-refractivity contribution in [2.24, 2.45) is 0 Å². The van der Waals surface area contributed by atoms with E-state index in [1.807, 2.05) is 42.5 Å². The molecule has 12 aromatic carbocycles. The quantitative estimate of drug-likeness (QED) is 0.153. The minimum absolute atomic E-state index is 0.0196. The average molecular weight is 1180 g/mol. The predicted octanol–water partition coefficient (Wildman–Crippen LogP) is 20.8. The van der Waals surface area contributed by atoms with Crippen LogP contribution in [0, 0.1) is 0 Å². The molecule has 16 rings (SSSR count). The highest BCUT2D eigenvalue weighted by molar-refractivity contribution is 7.99. The van der Waals surface area contributed by atoms with Crippen molar-refractivity contribution in [3.05, 3.63) is 306 Å². The van der Waals surface area contributed by atoms with Crippen LogP contribution in [0.3, 0.4) is 0 Å². The van der Waals surface area contributed by atoms with E-state index in [1.165, 1.54) is 0 Å². The van der Waals surface area contributed by atoms with E-state index in [-0.39, 0.29) is 55.7 Å². The van der Waals surface area contributed by atoms with Crippen LogP contribution in [-0.4, -0.2) is 11.3 Å². The second kappa shape index (κ2) is 20.4. The van der Waals surface area contributed by atoms with Crippen LogP contribution in [0.2, 0.25) is 0 Å². The minimum Gasteiger partial charge on any atom is -0.310 e. The number of nitrogens with zero attached hydrogens (tertiary/aromatic N) is 2. The number of para-hydroxylation sites is 2. The lowest BCUT2D eigenvalue weighted by molar-refractivity contribution is 0.569. The molecule has 3 aliphatic heterocycles. The number of fused-ring (bicyclic) bond motifs is 13. The van der Waals surface area contributed by atoms with E-state index >= 15 is 0 Å². The van der Waals surface area contributed by atoms with Crippen molar-refractivity contribution in [2.75, 3.05) is 4.90 Å². The fourth-order valence-electron chi connectivity index (χ4n) is 14.3. The van der Waals surface area contributed by atoms with E-state index < -0.39 is 78.6 Å². The molecule has 3 aliphatic rings. The second-order valence-corrected chi connectivity index (χ2v) is 28.2. The van der Waals surface area contributed by atoms with Crippen LogP contribution >= 0.6 is 11.8 Å². The highest BCUT2D eigenvalue weighted by atomic mass is 32.2. The maximum atomic E-state index is 9.82. The van der Waals surface area contributed by atoms with Gasteiger partial charge in [0.1, 0.15) is 0 Å². The Bertz CT molecular complexity index is 5560. The molecule has 0 aliphatic carbocycles. The molecule has 89 heavy (non-hydrogen) atoms. The Balaban J connectivity index is 1.17. The first kappa shape index (κ1) is 42.5. The molecule has 2 nitrogen and oxygen atoms in total. The molecule has 0 saturated heterocycles. The van der Waals surface area contributed by atoms with Gasteiger partial charge in [0.05, 0.1) is 40.0 Å². The molecule has 430 valence electrons. The molecule has 13 aromatic rings. The Kier molecular flexibility index (Phi) is 9.72. The molecule has 0 saturated carbocycles. The number of anilines is 3. The van der Waals surface area contributed by atoms with Gasteiger partial charge in [-0.05, 0) is 160 Å².